The van der Waals surface area contributed by atoms with Gasteiger partial charge in [-0.2, -0.15) is 0 Å². The molecule has 0 aromatic carbocycles. The van der Waals surface area contributed by atoms with E-state index in [1.807, 2.05) is 0 Å². The smallest absolute Gasteiger partial charge is 0.312 e. The molecule has 0 aromatic heterocycles. The zero-order chi connectivity index (χ0) is 11.3. The largest absolute Gasteiger partial charge is 0.481 e. The fourth-order valence-electron chi connectivity index (χ4n) is 1.70. The van der Waals surface area contributed by atoms with Gasteiger partial charge >= 0.3 is 5.97 Å². The van der Waals surface area contributed by atoms with Crippen LogP contribution in [-0.4, -0.2) is 48.7 Å². The van der Waals surface area contributed by atoms with E-state index in [0.717, 1.165) is 19.4 Å². The molecule has 1 saturated heterocycles. The topological polar surface area (TPSA) is 66.8 Å². The first-order valence-corrected chi connectivity index (χ1v) is 5.13. The van der Waals surface area contributed by atoms with Crippen molar-refractivity contribution in [2.45, 2.75) is 19.3 Å². The highest BCUT2D eigenvalue weighted by Gasteiger charge is 2.19. The summed E-state index contributed by atoms with van der Waals surface area (Å²) in [6.45, 7) is 2.06. The molecule has 1 rings (SSSR count). The van der Waals surface area contributed by atoms with E-state index in [-0.39, 0.29) is 5.91 Å². The van der Waals surface area contributed by atoms with Gasteiger partial charge in [0.1, 0.15) is 6.42 Å². The number of ether oxygens (including phenoxy) is 1. The number of hydrogen-bond donors (Lipinski definition) is 1. The second-order valence-electron chi connectivity index (χ2n) is 3.93. The lowest BCUT2D eigenvalue weighted by Crippen LogP contribution is -2.35. The van der Waals surface area contributed by atoms with Gasteiger partial charge in [0.25, 0.3) is 0 Å². The van der Waals surface area contributed by atoms with Crippen molar-refractivity contribution in [3.05, 3.63) is 0 Å². The molecule has 0 spiro atoms. The molecule has 86 valence electrons. The summed E-state index contributed by atoms with van der Waals surface area (Å²) in [5.74, 6) is -1.07. The van der Waals surface area contributed by atoms with Crippen molar-refractivity contribution >= 4 is 11.9 Å². The highest BCUT2D eigenvalue weighted by atomic mass is 16.5. The van der Waals surface area contributed by atoms with E-state index in [1.165, 1.54) is 4.90 Å². The van der Waals surface area contributed by atoms with Gasteiger partial charge in [-0.1, -0.05) is 0 Å². The summed E-state index contributed by atoms with van der Waals surface area (Å²) in [6, 6.07) is 0. The first kappa shape index (κ1) is 12.0. The Kier molecular flexibility index (Phi) is 4.55. The van der Waals surface area contributed by atoms with Crippen LogP contribution in [0.2, 0.25) is 0 Å². The molecule has 1 N–H and O–H groups in total. The number of aliphatic carboxylic acids is 1. The summed E-state index contributed by atoms with van der Waals surface area (Å²) in [5, 5.41) is 8.47. The molecule has 1 heterocycles. The van der Waals surface area contributed by atoms with E-state index in [9.17, 15) is 9.59 Å². The summed E-state index contributed by atoms with van der Waals surface area (Å²) in [7, 11) is 1.64. The Labute approximate surface area is 89.0 Å². The van der Waals surface area contributed by atoms with Crippen molar-refractivity contribution in [2.75, 3.05) is 26.8 Å². The molecule has 1 aliphatic heterocycles. The first-order chi connectivity index (χ1) is 7.09. The Balaban J connectivity index is 2.29. The molecule has 5 nitrogen and oxygen atoms in total. The van der Waals surface area contributed by atoms with Gasteiger partial charge in [-0.25, -0.2) is 0 Å². The number of carbonyl (C=O) groups excluding carboxylic acids is 1. The quantitative estimate of drug-likeness (QED) is 0.687. The lowest BCUT2D eigenvalue weighted by molar-refractivity contribution is -0.144. The molecular weight excluding hydrogens is 198 g/mol. The van der Waals surface area contributed by atoms with Crippen LogP contribution >= 0.6 is 0 Å². The number of carboxylic acids is 1. The second kappa shape index (κ2) is 5.70. The number of rotatable bonds is 4. The van der Waals surface area contributed by atoms with Crippen LogP contribution in [0.4, 0.5) is 0 Å². The molecule has 15 heavy (non-hydrogen) atoms. The highest BCUT2D eigenvalue weighted by Crippen LogP contribution is 2.14. The van der Waals surface area contributed by atoms with Gasteiger partial charge in [-0.05, 0) is 18.8 Å². The molecule has 1 unspecified atom stereocenters. The molecule has 0 radical (unpaired) electrons. The molecule has 1 aliphatic rings. The lowest BCUT2D eigenvalue weighted by atomic mass is 10.0. The van der Waals surface area contributed by atoms with Crippen molar-refractivity contribution in [1.29, 1.82) is 0 Å². The van der Waals surface area contributed by atoms with Crippen LogP contribution in [0.3, 0.4) is 0 Å². The number of carboxylic acid groups (broad SMARTS) is 1. The van der Waals surface area contributed by atoms with Gasteiger partial charge in [0, 0.05) is 20.2 Å². The van der Waals surface area contributed by atoms with Gasteiger partial charge in [-0.15, -0.1) is 0 Å². The molecule has 0 saturated carbocycles. The highest BCUT2D eigenvalue weighted by molar-refractivity contribution is 5.93. The third kappa shape index (κ3) is 4.29. The van der Waals surface area contributed by atoms with E-state index in [1.54, 1.807) is 7.05 Å². The molecule has 5 heteroatoms. The molecular formula is C10H17NO4. The fourth-order valence-corrected chi connectivity index (χ4v) is 1.70. The maximum absolute atomic E-state index is 11.3. The van der Waals surface area contributed by atoms with Gasteiger partial charge in [0.05, 0.1) is 6.61 Å². The van der Waals surface area contributed by atoms with Crippen LogP contribution in [0.25, 0.3) is 0 Å². The van der Waals surface area contributed by atoms with Gasteiger partial charge < -0.3 is 14.7 Å². The summed E-state index contributed by atoms with van der Waals surface area (Å²) in [5.41, 5.74) is 0. The van der Waals surface area contributed by atoms with E-state index >= 15 is 0 Å². The first-order valence-electron chi connectivity index (χ1n) is 5.13. The van der Waals surface area contributed by atoms with Crippen LogP contribution in [0.1, 0.15) is 19.3 Å². The minimum atomic E-state index is -1.08. The standard InChI is InChI=1S/C10H17NO4/c1-11(9(12)5-10(13)14)6-8-3-2-4-15-7-8/h8H,2-7H2,1H3,(H,13,14). The summed E-state index contributed by atoms with van der Waals surface area (Å²) in [4.78, 5) is 23.1. The minimum Gasteiger partial charge on any atom is -0.481 e. The predicted octanol–water partition coefficient (Wildman–Crippen LogP) is 0.346. The molecule has 1 atom stereocenters. The van der Waals surface area contributed by atoms with Crippen LogP contribution in [0.5, 0.6) is 0 Å². The maximum atomic E-state index is 11.3. The van der Waals surface area contributed by atoms with Crippen molar-refractivity contribution in [3.8, 4) is 0 Å². The van der Waals surface area contributed by atoms with Crippen LogP contribution in [-0.2, 0) is 14.3 Å². The maximum Gasteiger partial charge on any atom is 0.312 e. The number of nitrogens with zero attached hydrogens (tertiary/aromatic N) is 1. The number of carbonyl (C=O) groups is 2. The molecule has 0 bridgehead atoms. The van der Waals surface area contributed by atoms with Crippen molar-refractivity contribution in [3.63, 3.8) is 0 Å². The van der Waals surface area contributed by atoms with Gasteiger partial charge in [0.15, 0.2) is 0 Å². The lowest BCUT2D eigenvalue weighted by Gasteiger charge is -2.26. The van der Waals surface area contributed by atoms with Crippen molar-refractivity contribution in [1.82, 2.24) is 4.90 Å². The third-order valence-electron chi connectivity index (χ3n) is 2.51. The van der Waals surface area contributed by atoms with E-state index < -0.39 is 12.4 Å². The average molecular weight is 215 g/mol. The number of hydrogen-bond acceptors (Lipinski definition) is 3. The normalized spacial score (nSPS) is 21.0. The second-order valence-corrected chi connectivity index (χ2v) is 3.93. The molecule has 0 aromatic rings. The van der Waals surface area contributed by atoms with Crippen LogP contribution in [0, 0.1) is 5.92 Å². The van der Waals surface area contributed by atoms with Gasteiger partial charge in [0.2, 0.25) is 5.91 Å². The van der Waals surface area contributed by atoms with Crippen LogP contribution in [0.15, 0.2) is 0 Å². The van der Waals surface area contributed by atoms with E-state index in [0.29, 0.717) is 19.1 Å². The van der Waals surface area contributed by atoms with E-state index in [4.69, 9.17) is 9.84 Å². The molecule has 1 amide bonds. The summed E-state index contributed by atoms with van der Waals surface area (Å²) < 4.78 is 5.29. The Hall–Kier alpha value is -1.10. The number of amides is 1. The van der Waals surface area contributed by atoms with E-state index in [2.05, 4.69) is 0 Å². The Morgan fingerprint density at radius 2 is 2.27 bits per heavy atom. The Bertz CT molecular complexity index is 236. The summed E-state index contributed by atoms with van der Waals surface area (Å²) in [6.07, 6.45) is 1.64. The Morgan fingerprint density at radius 1 is 1.53 bits per heavy atom. The fraction of sp³-hybridized carbons (Fsp3) is 0.800. The SMILES string of the molecule is CN(CC1CCCOC1)C(=O)CC(=O)O. The predicted molar refractivity (Wildman–Crippen MR) is 53.4 cm³/mol. The monoisotopic (exact) mass is 215 g/mol. The van der Waals surface area contributed by atoms with Crippen molar-refractivity contribution in [2.24, 2.45) is 5.92 Å². The zero-order valence-corrected chi connectivity index (χ0v) is 8.94. The molecule has 0 aliphatic carbocycles. The van der Waals surface area contributed by atoms with Crippen molar-refractivity contribution < 1.29 is 19.4 Å². The average Bonchev–Trinajstić information content (AvgIpc) is 2.18. The zero-order valence-electron chi connectivity index (χ0n) is 8.94. The Morgan fingerprint density at radius 3 is 2.80 bits per heavy atom. The third-order valence-corrected chi connectivity index (χ3v) is 2.51. The minimum absolute atomic E-state index is 0.340. The van der Waals surface area contributed by atoms with Gasteiger partial charge in [-0.3, -0.25) is 9.59 Å². The summed E-state index contributed by atoms with van der Waals surface area (Å²) >= 11 is 0. The molecule has 1 fully saturated rings. The van der Waals surface area contributed by atoms with Crippen LogP contribution < -0.4 is 0 Å².